The third-order valence-electron chi connectivity index (χ3n) is 5.18. The molecule has 30 heavy (non-hydrogen) atoms. The number of nitrogens with one attached hydrogen (secondary N) is 1. The lowest BCUT2D eigenvalue weighted by molar-refractivity contribution is -0.137. The van der Waals surface area contributed by atoms with E-state index in [1.165, 1.54) is 28.8 Å². The Morgan fingerprint density at radius 3 is 2.97 bits per heavy atom. The number of alkyl halides is 3. The fourth-order valence-electron chi connectivity index (χ4n) is 3.43. The summed E-state index contributed by atoms with van der Waals surface area (Å²) in [6.07, 6.45) is -2.12. The standard InChI is InChI=1S/C20H20F3N5OS/c1-13(27-7-5-18-14(11-27)6-8-30-18)10-24-19(29)17-12-28(26-25-17)16-4-2-3-15(9-16)20(21,22)23/h2-4,6,8-9,12-13H,5,7,10-11H2,1H3,(H,24,29). The largest absolute Gasteiger partial charge is 0.416 e. The number of carbonyl (C=O) groups is 1. The van der Waals surface area contributed by atoms with Crippen LogP contribution in [0.1, 0.15) is 33.4 Å². The van der Waals surface area contributed by atoms with E-state index >= 15 is 0 Å². The van der Waals surface area contributed by atoms with E-state index in [2.05, 4.69) is 38.9 Å². The Morgan fingerprint density at radius 2 is 2.17 bits per heavy atom. The Morgan fingerprint density at radius 1 is 1.33 bits per heavy atom. The molecule has 4 rings (SSSR count). The zero-order valence-corrected chi connectivity index (χ0v) is 17.0. The highest BCUT2D eigenvalue weighted by Gasteiger charge is 2.30. The van der Waals surface area contributed by atoms with Gasteiger partial charge in [0.05, 0.1) is 17.4 Å². The topological polar surface area (TPSA) is 63.1 Å². The number of hydrogen-bond acceptors (Lipinski definition) is 5. The average Bonchev–Trinajstić information content (AvgIpc) is 3.40. The van der Waals surface area contributed by atoms with Gasteiger partial charge in [0.15, 0.2) is 5.69 Å². The highest BCUT2D eigenvalue weighted by Crippen LogP contribution is 2.30. The van der Waals surface area contributed by atoms with Crippen LogP contribution in [0.15, 0.2) is 41.9 Å². The molecule has 2 aromatic heterocycles. The minimum atomic E-state index is -4.45. The predicted molar refractivity (Wildman–Crippen MR) is 107 cm³/mol. The fraction of sp³-hybridized carbons (Fsp3) is 0.350. The molecule has 1 aliphatic heterocycles. The number of benzene rings is 1. The minimum absolute atomic E-state index is 0.0541. The second-order valence-electron chi connectivity index (χ2n) is 7.24. The first kappa shape index (κ1) is 20.5. The van der Waals surface area contributed by atoms with Crippen LogP contribution in [0.3, 0.4) is 0 Å². The highest BCUT2D eigenvalue weighted by molar-refractivity contribution is 7.10. The second-order valence-corrected chi connectivity index (χ2v) is 8.25. The molecule has 0 radical (unpaired) electrons. The molecule has 0 fully saturated rings. The Kier molecular flexibility index (Phi) is 5.61. The number of hydrogen-bond donors (Lipinski definition) is 1. The van der Waals surface area contributed by atoms with Gasteiger partial charge in [-0.3, -0.25) is 9.69 Å². The highest BCUT2D eigenvalue weighted by atomic mass is 32.1. The summed E-state index contributed by atoms with van der Waals surface area (Å²) in [4.78, 5) is 16.2. The summed E-state index contributed by atoms with van der Waals surface area (Å²) in [6, 6.07) is 6.99. The van der Waals surface area contributed by atoms with E-state index in [-0.39, 0.29) is 17.4 Å². The van der Waals surface area contributed by atoms with Gasteiger partial charge < -0.3 is 5.32 Å². The number of nitrogens with zero attached hydrogens (tertiary/aromatic N) is 4. The summed E-state index contributed by atoms with van der Waals surface area (Å²) in [7, 11) is 0. The minimum Gasteiger partial charge on any atom is -0.349 e. The first-order chi connectivity index (χ1) is 14.3. The molecule has 0 aliphatic carbocycles. The number of halogens is 3. The number of carbonyl (C=O) groups excluding carboxylic acids is 1. The molecule has 1 N–H and O–H groups in total. The van der Waals surface area contributed by atoms with Crippen LogP contribution in [0.25, 0.3) is 5.69 Å². The summed E-state index contributed by atoms with van der Waals surface area (Å²) in [5.41, 5.74) is 0.794. The number of thiophene rings is 1. The van der Waals surface area contributed by atoms with Crippen molar-refractivity contribution in [3.8, 4) is 5.69 Å². The van der Waals surface area contributed by atoms with Gasteiger partial charge in [0.1, 0.15) is 0 Å². The van der Waals surface area contributed by atoms with Crippen molar-refractivity contribution in [3.63, 3.8) is 0 Å². The van der Waals surface area contributed by atoms with Crippen molar-refractivity contribution in [2.45, 2.75) is 32.1 Å². The van der Waals surface area contributed by atoms with Crippen molar-refractivity contribution in [1.29, 1.82) is 0 Å². The van der Waals surface area contributed by atoms with E-state index in [0.29, 0.717) is 6.54 Å². The van der Waals surface area contributed by atoms with E-state index in [1.54, 1.807) is 11.3 Å². The van der Waals surface area contributed by atoms with Crippen molar-refractivity contribution >= 4 is 17.2 Å². The zero-order valence-electron chi connectivity index (χ0n) is 16.2. The quantitative estimate of drug-likeness (QED) is 0.666. The molecule has 1 atom stereocenters. The van der Waals surface area contributed by atoms with E-state index in [1.807, 2.05) is 0 Å². The van der Waals surface area contributed by atoms with Crippen LogP contribution in [0, 0.1) is 0 Å². The maximum absolute atomic E-state index is 12.9. The predicted octanol–water partition coefficient (Wildman–Crippen LogP) is 3.52. The Balaban J connectivity index is 1.37. The van der Waals surface area contributed by atoms with Crippen molar-refractivity contribution < 1.29 is 18.0 Å². The Labute approximate surface area is 175 Å². The lowest BCUT2D eigenvalue weighted by Gasteiger charge is -2.32. The summed E-state index contributed by atoms with van der Waals surface area (Å²) < 4.78 is 39.9. The molecule has 6 nitrogen and oxygen atoms in total. The summed E-state index contributed by atoms with van der Waals surface area (Å²) >= 11 is 1.78. The third-order valence-corrected chi connectivity index (χ3v) is 6.21. The van der Waals surface area contributed by atoms with Gasteiger partial charge in [0, 0.05) is 30.6 Å². The fourth-order valence-corrected chi connectivity index (χ4v) is 4.32. The molecule has 0 saturated carbocycles. The van der Waals surface area contributed by atoms with Gasteiger partial charge in [0.25, 0.3) is 5.91 Å². The number of rotatable bonds is 5. The maximum atomic E-state index is 12.9. The van der Waals surface area contributed by atoms with Crippen molar-refractivity contribution in [3.05, 3.63) is 63.6 Å². The molecule has 0 bridgehead atoms. The number of amides is 1. The van der Waals surface area contributed by atoms with Gasteiger partial charge in [-0.1, -0.05) is 11.3 Å². The maximum Gasteiger partial charge on any atom is 0.416 e. The van der Waals surface area contributed by atoms with Crippen LogP contribution in [-0.4, -0.2) is 44.9 Å². The van der Waals surface area contributed by atoms with Gasteiger partial charge in [-0.05, 0) is 48.6 Å². The van der Waals surface area contributed by atoms with Crippen molar-refractivity contribution in [1.82, 2.24) is 25.2 Å². The third kappa shape index (κ3) is 4.39. The summed E-state index contributed by atoms with van der Waals surface area (Å²) in [5.74, 6) is -0.409. The molecule has 1 unspecified atom stereocenters. The van der Waals surface area contributed by atoms with E-state index in [9.17, 15) is 18.0 Å². The number of fused-ring (bicyclic) bond motifs is 1. The lowest BCUT2D eigenvalue weighted by Crippen LogP contribution is -2.44. The second kappa shape index (κ2) is 8.19. The molecule has 0 spiro atoms. The van der Waals surface area contributed by atoms with Gasteiger partial charge in [0.2, 0.25) is 0 Å². The monoisotopic (exact) mass is 435 g/mol. The van der Waals surface area contributed by atoms with Gasteiger partial charge in [-0.15, -0.1) is 16.4 Å². The number of aromatic nitrogens is 3. The van der Waals surface area contributed by atoms with E-state index in [4.69, 9.17) is 0 Å². The van der Waals surface area contributed by atoms with Gasteiger partial charge in [-0.2, -0.15) is 13.2 Å². The van der Waals surface area contributed by atoms with Crippen LogP contribution >= 0.6 is 11.3 Å². The normalized spacial score (nSPS) is 15.6. The Hall–Kier alpha value is -2.72. The molecule has 1 aromatic carbocycles. The van der Waals surface area contributed by atoms with Crippen molar-refractivity contribution in [2.75, 3.05) is 13.1 Å². The molecule has 10 heteroatoms. The zero-order chi connectivity index (χ0) is 21.3. The van der Waals surface area contributed by atoms with Crippen molar-refractivity contribution in [2.24, 2.45) is 0 Å². The summed E-state index contributed by atoms with van der Waals surface area (Å²) in [6.45, 7) is 4.30. The Bertz CT molecular complexity index is 1040. The molecule has 0 saturated heterocycles. The lowest BCUT2D eigenvalue weighted by atomic mass is 10.1. The van der Waals surface area contributed by atoms with Gasteiger partial charge >= 0.3 is 6.18 Å². The van der Waals surface area contributed by atoms with Crippen LogP contribution in [0.5, 0.6) is 0 Å². The van der Waals surface area contributed by atoms with Crippen LogP contribution in [0.2, 0.25) is 0 Å². The van der Waals surface area contributed by atoms with E-state index < -0.39 is 17.6 Å². The first-order valence-corrected chi connectivity index (χ1v) is 10.4. The van der Waals surface area contributed by atoms with Crippen LogP contribution < -0.4 is 5.32 Å². The molecule has 3 aromatic rings. The van der Waals surface area contributed by atoms with Gasteiger partial charge in [-0.25, -0.2) is 4.68 Å². The molecule has 158 valence electrons. The summed E-state index contributed by atoms with van der Waals surface area (Å²) in [5, 5.41) is 12.5. The molecule has 1 aliphatic rings. The SMILES string of the molecule is CC(CNC(=O)c1cn(-c2cccc(C(F)(F)F)c2)nn1)N1CCc2sccc2C1. The molecule has 3 heterocycles. The molecular weight excluding hydrogens is 415 g/mol. The average molecular weight is 435 g/mol. The van der Waals surface area contributed by atoms with E-state index in [0.717, 1.165) is 36.3 Å². The first-order valence-electron chi connectivity index (χ1n) is 9.49. The van der Waals surface area contributed by atoms with Crippen LogP contribution in [0.4, 0.5) is 13.2 Å². The molecular formula is C20H20F3N5OS. The van der Waals surface area contributed by atoms with Crippen LogP contribution in [-0.2, 0) is 19.1 Å². The molecule has 1 amide bonds. The smallest absolute Gasteiger partial charge is 0.349 e.